The first-order valence-electron chi connectivity index (χ1n) is 5.78. The summed E-state index contributed by atoms with van der Waals surface area (Å²) in [5.74, 6) is -0.327. The molecule has 0 bridgehead atoms. The third-order valence-corrected chi connectivity index (χ3v) is 2.84. The van der Waals surface area contributed by atoms with Gasteiger partial charge in [-0.15, -0.1) is 0 Å². The molecule has 2 aromatic rings. The topological polar surface area (TPSA) is 84.2 Å². The van der Waals surface area contributed by atoms with Crippen LogP contribution in [0.4, 0.5) is 16.2 Å². The number of benzene rings is 2. The molecule has 0 spiro atoms. The summed E-state index contributed by atoms with van der Waals surface area (Å²) in [5, 5.41) is 5.50. The first-order chi connectivity index (χ1) is 9.56. The lowest BCUT2D eigenvalue weighted by Crippen LogP contribution is -2.19. The molecule has 0 radical (unpaired) electrons. The van der Waals surface area contributed by atoms with Crippen LogP contribution in [-0.4, -0.2) is 11.9 Å². The van der Waals surface area contributed by atoms with Crippen LogP contribution < -0.4 is 16.4 Å². The van der Waals surface area contributed by atoms with E-state index < -0.39 is 6.03 Å². The Morgan fingerprint density at radius 3 is 2.25 bits per heavy atom. The fourth-order valence-electron chi connectivity index (χ4n) is 1.66. The molecule has 20 heavy (non-hydrogen) atoms. The monoisotopic (exact) mass is 289 g/mol. The molecular formula is C14H12ClN3O2. The van der Waals surface area contributed by atoms with E-state index in [1.807, 2.05) is 0 Å². The van der Waals surface area contributed by atoms with Crippen molar-refractivity contribution < 1.29 is 9.59 Å². The van der Waals surface area contributed by atoms with Crippen molar-refractivity contribution in [2.45, 2.75) is 0 Å². The van der Waals surface area contributed by atoms with Crippen molar-refractivity contribution in [3.63, 3.8) is 0 Å². The Morgan fingerprint density at radius 2 is 1.60 bits per heavy atom. The highest BCUT2D eigenvalue weighted by Gasteiger charge is 2.09. The van der Waals surface area contributed by atoms with Crippen LogP contribution in [0.3, 0.4) is 0 Å². The summed E-state index contributed by atoms with van der Waals surface area (Å²) in [6.45, 7) is 0. The van der Waals surface area contributed by atoms with Gasteiger partial charge in [-0.25, -0.2) is 4.79 Å². The van der Waals surface area contributed by atoms with Crippen molar-refractivity contribution in [1.29, 1.82) is 0 Å². The SMILES string of the molecule is NC(=O)Nc1cccc(NC(=O)c2ccccc2Cl)c1. The van der Waals surface area contributed by atoms with Crippen LogP contribution in [0.25, 0.3) is 0 Å². The molecule has 2 rings (SSSR count). The molecule has 0 aliphatic rings. The number of amides is 3. The van der Waals surface area contributed by atoms with Gasteiger partial charge >= 0.3 is 6.03 Å². The number of nitrogens with two attached hydrogens (primary N) is 1. The second-order valence-electron chi connectivity index (χ2n) is 4.00. The van der Waals surface area contributed by atoms with Crippen LogP contribution in [0, 0.1) is 0 Å². The van der Waals surface area contributed by atoms with Gasteiger partial charge in [-0.3, -0.25) is 4.79 Å². The maximum atomic E-state index is 12.1. The minimum Gasteiger partial charge on any atom is -0.351 e. The number of carbonyl (C=O) groups is 2. The molecule has 3 amide bonds. The van der Waals surface area contributed by atoms with Crippen LogP contribution >= 0.6 is 11.6 Å². The number of anilines is 2. The summed E-state index contributed by atoms with van der Waals surface area (Å²) in [6.07, 6.45) is 0. The van der Waals surface area contributed by atoms with Crippen molar-refractivity contribution in [2.75, 3.05) is 10.6 Å². The van der Waals surface area contributed by atoms with Crippen molar-refractivity contribution >= 4 is 34.9 Å². The largest absolute Gasteiger partial charge is 0.351 e. The van der Waals surface area contributed by atoms with Crippen LogP contribution in [0.15, 0.2) is 48.5 Å². The zero-order valence-corrected chi connectivity index (χ0v) is 11.1. The van der Waals surface area contributed by atoms with Gasteiger partial charge < -0.3 is 16.4 Å². The molecule has 2 aromatic carbocycles. The summed E-state index contributed by atoms with van der Waals surface area (Å²) in [4.78, 5) is 22.8. The van der Waals surface area contributed by atoms with E-state index >= 15 is 0 Å². The van der Waals surface area contributed by atoms with Crippen LogP contribution in [0.5, 0.6) is 0 Å². The quantitative estimate of drug-likeness (QED) is 0.811. The summed E-state index contributed by atoms with van der Waals surface area (Å²) in [6, 6.07) is 12.7. The molecule has 6 heteroatoms. The van der Waals surface area contributed by atoms with Gasteiger partial charge in [-0.2, -0.15) is 0 Å². The number of urea groups is 1. The third kappa shape index (κ3) is 3.49. The Bertz CT molecular complexity index is 658. The number of halogens is 1. The summed E-state index contributed by atoms with van der Waals surface area (Å²) < 4.78 is 0. The van der Waals surface area contributed by atoms with Crippen molar-refractivity contribution in [3.05, 3.63) is 59.1 Å². The molecule has 0 atom stereocenters. The molecule has 0 fully saturated rings. The average molecular weight is 290 g/mol. The van der Waals surface area contributed by atoms with Crippen LogP contribution in [0.1, 0.15) is 10.4 Å². The zero-order chi connectivity index (χ0) is 14.5. The maximum Gasteiger partial charge on any atom is 0.316 e. The van der Waals surface area contributed by atoms with Crippen LogP contribution in [-0.2, 0) is 0 Å². The van der Waals surface area contributed by atoms with Gasteiger partial charge in [0.05, 0.1) is 10.6 Å². The number of carbonyl (C=O) groups excluding carboxylic acids is 2. The number of nitrogens with one attached hydrogen (secondary N) is 2. The highest BCUT2D eigenvalue weighted by Crippen LogP contribution is 2.19. The van der Waals surface area contributed by atoms with Gasteiger partial charge in [0.15, 0.2) is 0 Å². The molecule has 0 saturated heterocycles. The smallest absolute Gasteiger partial charge is 0.316 e. The van der Waals surface area contributed by atoms with E-state index in [1.54, 1.807) is 48.5 Å². The van der Waals surface area contributed by atoms with Crippen LogP contribution in [0.2, 0.25) is 5.02 Å². The molecule has 0 saturated carbocycles. The van der Waals surface area contributed by atoms with E-state index in [4.69, 9.17) is 17.3 Å². The standard InChI is InChI=1S/C14H12ClN3O2/c15-12-7-2-1-6-11(12)13(19)17-9-4-3-5-10(8-9)18-14(16)20/h1-8H,(H,17,19)(H3,16,18,20). The normalized spacial score (nSPS) is 9.85. The van der Waals surface area contributed by atoms with Gasteiger partial charge in [-0.1, -0.05) is 29.8 Å². The van der Waals surface area contributed by atoms with E-state index in [0.717, 1.165) is 0 Å². The zero-order valence-electron chi connectivity index (χ0n) is 10.4. The Morgan fingerprint density at radius 1 is 0.950 bits per heavy atom. The van der Waals surface area contributed by atoms with Crippen molar-refractivity contribution in [2.24, 2.45) is 5.73 Å². The number of primary amides is 1. The molecule has 0 aromatic heterocycles. The lowest BCUT2D eigenvalue weighted by atomic mass is 10.2. The molecule has 4 N–H and O–H groups in total. The Hall–Kier alpha value is -2.53. The summed E-state index contributed by atoms with van der Waals surface area (Å²) in [7, 11) is 0. The number of hydrogen-bond donors (Lipinski definition) is 3. The lowest BCUT2D eigenvalue weighted by Gasteiger charge is -2.08. The summed E-state index contributed by atoms with van der Waals surface area (Å²) >= 11 is 5.95. The predicted octanol–water partition coefficient (Wildman–Crippen LogP) is 3.08. The Balaban J connectivity index is 2.16. The van der Waals surface area contributed by atoms with Gasteiger partial charge in [0.2, 0.25) is 0 Å². The van der Waals surface area contributed by atoms with Gasteiger partial charge in [-0.05, 0) is 30.3 Å². The second-order valence-corrected chi connectivity index (χ2v) is 4.41. The molecule has 0 aliphatic carbocycles. The maximum absolute atomic E-state index is 12.1. The van der Waals surface area contributed by atoms with E-state index in [9.17, 15) is 9.59 Å². The third-order valence-electron chi connectivity index (χ3n) is 2.51. The minimum atomic E-state index is -0.667. The molecule has 5 nitrogen and oxygen atoms in total. The van der Waals surface area contributed by atoms with E-state index in [-0.39, 0.29) is 5.91 Å². The highest BCUT2D eigenvalue weighted by molar-refractivity contribution is 6.34. The predicted molar refractivity (Wildman–Crippen MR) is 79.1 cm³/mol. The number of rotatable bonds is 3. The molecule has 0 aliphatic heterocycles. The fourth-order valence-corrected chi connectivity index (χ4v) is 1.88. The average Bonchev–Trinajstić information content (AvgIpc) is 2.38. The van der Waals surface area contributed by atoms with E-state index in [1.165, 1.54) is 0 Å². The lowest BCUT2D eigenvalue weighted by molar-refractivity contribution is 0.102. The van der Waals surface area contributed by atoms with Gasteiger partial charge in [0, 0.05) is 11.4 Å². The van der Waals surface area contributed by atoms with Gasteiger partial charge in [0.1, 0.15) is 0 Å². The summed E-state index contributed by atoms with van der Waals surface area (Å²) in [5.41, 5.74) is 6.43. The molecule has 0 heterocycles. The second kappa shape index (κ2) is 6.08. The Kier molecular flexibility index (Phi) is 4.22. The molecular weight excluding hydrogens is 278 g/mol. The number of hydrogen-bond acceptors (Lipinski definition) is 2. The van der Waals surface area contributed by atoms with Crippen molar-refractivity contribution in [3.8, 4) is 0 Å². The molecule has 102 valence electrons. The van der Waals surface area contributed by atoms with E-state index in [0.29, 0.717) is 22.0 Å². The molecule has 0 unspecified atom stereocenters. The highest BCUT2D eigenvalue weighted by atomic mass is 35.5. The fraction of sp³-hybridized carbons (Fsp3) is 0. The van der Waals surface area contributed by atoms with Gasteiger partial charge in [0.25, 0.3) is 5.91 Å². The van der Waals surface area contributed by atoms with Crippen molar-refractivity contribution in [1.82, 2.24) is 0 Å². The minimum absolute atomic E-state index is 0.327. The first kappa shape index (κ1) is 13.9. The Labute approximate surface area is 120 Å². The first-order valence-corrected chi connectivity index (χ1v) is 6.16. The van der Waals surface area contributed by atoms with E-state index in [2.05, 4.69) is 10.6 Å².